The Kier molecular flexibility index (Phi) is 4.10. The Bertz CT molecular complexity index is 452. The second-order valence-electron chi connectivity index (χ2n) is 2.41. The van der Waals surface area contributed by atoms with Gasteiger partial charge in [-0.15, -0.1) is 0 Å². The van der Waals surface area contributed by atoms with Crippen molar-refractivity contribution in [3.05, 3.63) is 20.8 Å². The van der Waals surface area contributed by atoms with Gasteiger partial charge >= 0.3 is 11.7 Å². The Balaban J connectivity index is 2.62. The molecular formula is C7H9N3O4S. The fourth-order valence-electron chi connectivity index (χ4n) is 0.765. The topological polar surface area (TPSA) is 105 Å². The van der Waals surface area contributed by atoms with E-state index in [0.29, 0.717) is 0 Å². The second-order valence-corrected chi connectivity index (χ2v) is 3.37. The van der Waals surface area contributed by atoms with Crippen molar-refractivity contribution in [2.24, 2.45) is 0 Å². The van der Waals surface area contributed by atoms with E-state index in [1.807, 2.05) is 4.98 Å². The zero-order chi connectivity index (χ0) is 11.3. The number of aromatic amines is 2. The van der Waals surface area contributed by atoms with Crippen molar-refractivity contribution in [1.29, 1.82) is 0 Å². The fourth-order valence-corrected chi connectivity index (χ4v) is 1.39. The Morgan fingerprint density at radius 2 is 2.27 bits per heavy atom. The minimum absolute atomic E-state index is 0.0179. The van der Waals surface area contributed by atoms with Gasteiger partial charge in [0, 0.05) is 0 Å². The summed E-state index contributed by atoms with van der Waals surface area (Å²) in [6, 6.07) is 0. The summed E-state index contributed by atoms with van der Waals surface area (Å²) in [6.45, 7) is 1.97. The van der Waals surface area contributed by atoms with Gasteiger partial charge < -0.3 is 4.74 Å². The van der Waals surface area contributed by atoms with E-state index in [2.05, 4.69) is 14.9 Å². The first-order valence-corrected chi connectivity index (χ1v) is 5.09. The lowest BCUT2D eigenvalue weighted by molar-refractivity contribution is -0.139. The molecule has 7 nitrogen and oxygen atoms in total. The largest absolute Gasteiger partial charge is 0.465 e. The van der Waals surface area contributed by atoms with Crippen molar-refractivity contribution >= 4 is 17.7 Å². The molecule has 82 valence electrons. The van der Waals surface area contributed by atoms with Crippen molar-refractivity contribution < 1.29 is 9.53 Å². The maximum Gasteiger partial charge on any atom is 0.342 e. The zero-order valence-corrected chi connectivity index (χ0v) is 8.72. The molecule has 0 bridgehead atoms. The van der Waals surface area contributed by atoms with Crippen molar-refractivity contribution in [2.75, 3.05) is 12.4 Å². The molecule has 0 spiro atoms. The average molecular weight is 231 g/mol. The summed E-state index contributed by atoms with van der Waals surface area (Å²) in [5.74, 6) is -0.453. The van der Waals surface area contributed by atoms with E-state index in [9.17, 15) is 14.4 Å². The quantitative estimate of drug-likeness (QED) is 0.514. The smallest absolute Gasteiger partial charge is 0.342 e. The predicted octanol–water partition coefficient (Wildman–Crippen LogP) is -0.887. The van der Waals surface area contributed by atoms with Crippen LogP contribution in [0.3, 0.4) is 0 Å². The number of rotatable bonds is 4. The van der Waals surface area contributed by atoms with Crippen molar-refractivity contribution in [3.63, 3.8) is 0 Å². The molecule has 1 aromatic rings. The Morgan fingerprint density at radius 1 is 1.53 bits per heavy atom. The molecule has 0 aliphatic heterocycles. The third-order valence-corrected chi connectivity index (χ3v) is 2.24. The number of nitrogens with one attached hydrogen (secondary N) is 2. The molecule has 2 N–H and O–H groups in total. The number of carbonyl (C=O) groups is 1. The third-order valence-electron chi connectivity index (χ3n) is 1.31. The van der Waals surface area contributed by atoms with Crippen LogP contribution >= 0.6 is 11.8 Å². The van der Waals surface area contributed by atoms with Crippen LogP contribution in [-0.4, -0.2) is 33.5 Å². The number of aromatic nitrogens is 3. The lowest BCUT2D eigenvalue weighted by Crippen LogP contribution is -2.25. The van der Waals surface area contributed by atoms with E-state index in [-0.39, 0.29) is 17.4 Å². The van der Waals surface area contributed by atoms with E-state index < -0.39 is 17.2 Å². The summed E-state index contributed by atoms with van der Waals surface area (Å²) in [7, 11) is 0. The van der Waals surface area contributed by atoms with Crippen LogP contribution in [0.2, 0.25) is 0 Å². The second kappa shape index (κ2) is 5.35. The highest BCUT2D eigenvalue weighted by atomic mass is 32.2. The number of hydrogen-bond donors (Lipinski definition) is 2. The molecule has 0 radical (unpaired) electrons. The third kappa shape index (κ3) is 3.58. The molecule has 0 atom stereocenters. The Hall–Kier alpha value is -1.57. The molecule has 0 saturated heterocycles. The predicted molar refractivity (Wildman–Crippen MR) is 52.8 cm³/mol. The van der Waals surface area contributed by atoms with E-state index in [4.69, 9.17) is 0 Å². The first-order chi connectivity index (χ1) is 7.13. The maximum absolute atomic E-state index is 11.1. The SMILES string of the molecule is CCOC(=O)CSc1n[nH]c(=O)[nH]c1=O. The summed E-state index contributed by atoms with van der Waals surface area (Å²) in [5.41, 5.74) is -1.30. The van der Waals surface area contributed by atoms with Crippen LogP contribution < -0.4 is 11.2 Å². The van der Waals surface area contributed by atoms with Gasteiger partial charge in [0.05, 0.1) is 12.4 Å². The van der Waals surface area contributed by atoms with Crippen LogP contribution in [0.1, 0.15) is 6.92 Å². The van der Waals surface area contributed by atoms with Gasteiger partial charge in [0.15, 0.2) is 5.03 Å². The van der Waals surface area contributed by atoms with Gasteiger partial charge in [-0.25, -0.2) is 9.89 Å². The number of H-pyrrole nitrogens is 2. The molecule has 0 aliphatic rings. The minimum Gasteiger partial charge on any atom is -0.465 e. The molecule has 0 saturated carbocycles. The van der Waals surface area contributed by atoms with E-state index >= 15 is 0 Å². The summed E-state index contributed by atoms with van der Waals surface area (Å²) >= 11 is 0.904. The van der Waals surface area contributed by atoms with Crippen LogP contribution in [-0.2, 0) is 9.53 Å². The highest BCUT2D eigenvalue weighted by molar-refractivity contribution is 7.99. The van der Waals surface area contributed by atoms with Crippen molar-refractivity contribution in [1.82, 2.24) is 15.2 Å². The molecule has 8 heteroatoms. The number of thioether (sulfide) groups is 1. The van der Waals surface area contributed by atoms with Gasteiger partial charge in [-0.2, -0.15) is 5.10 Å². The van der Waals surface area contributed by atoms with Gasteiger partial charge in [-0.3, -0.25) is 14.6 Å². The molecule has 0 unspecified atom stereocenters. The highest BCUT2D eigenvalue weighted by Crippen LogP contribution is 2.07. The van der Waals surface area contributed by atoms with E-state index in [0.717, 1.165) is 11.8 Å². The van der Waals surface area contributed by atoms with Gasteiger partial charge in [0.2, 0.25) is 0 Å². The van der Waals surface area contributed by atoms with Crippen LogP contribution in [0.5, 0.6) is 0 Å². The molecule has 1 aromatic heterocycles. The summed E-state index contributed by atoms with van der Waals surface area (Å²) < 4.78 is 4.66. The van der Waals surface area contributed by atoms with Gasteiger partial charge in [-0.1, -0.05) is 11.8 Å². The average Bonchev–Trinajstić information content (AvgIpc) is 2.17. The maximum atomic E-state index is 11.1. The lowest BCUT2D eigenvalue weighted by Gasteiger charge is -1.99. The normalized spacial score (nSPS) is 9.93. The van der Waals surface area contributed by atoms with E-state index in [1.54, 1.807) is 6.92 Å². The van der Waals surface area contributed by atoms with Crippen molar-refractivity contribution in [2.45, 2.75) is 11.9 Å². The number of carbonyl (C=O) groups excluding carboxylic acids is 1. The molecule has 1 heterocycles. The van der Waals surface area contributed by atoms with Gasteiger partial charge in [-0.05, 0) is 6.92 Å². The highest BCUT2D eigenvalue weighted by Gasteiger charge is 2.07. The minimum atomic E-state index is -0.680. The molecule has 0 amide bonds. The van der Waals surface area contributed by atoms with Gasteiger partial charge in [0.1, 0.15) is 0 Å². The summed E-state index contributed by atoms with van der Waals surface area (Å²) in [6.07, 6.45) is 0. The van der Waals surface area contributed by atoms with Crippen LogP contribution in [0.4, 0.5) is 0 Å². The standard InChI is InChI=1S/C7H9N3O4S/c1-2-14-4(11)3-15-6-5(12)8-7(13)10-9-6/h2-3H2,1H3,(H2,8,10,12,13). The zero-order valence-electron chi connectivity index (χ0n) is 7.90. The molecule has 1 rings (SSSR count). The monoisotopic (exact) mass is 231 g/mol. The first kappa shape index (κ1) is 11.5. The molecule has 0 aromatic carbocycles. The van der Waals surface area contributed by atoms with Crippen molar-refractivity contribution in [3.8, 4) is 0 Å². The van der Waals surface area contributed by atoms with Crippen LogP contribution in [0.25, 0.3) is 0 Å². The molecule has 0 fully saturated rings. The number of nitrogens with zero attached hydrogens (tertiary/aromatic N) is 1. The Morgan fingerprint density at radius 3 is 2.87 bits per heavy atom. The molecular weight excluding hydrogens is 222 g/mol. The summed E-state index contributed by atoms with van der Waals surface area (Å²) in [4.78, 5) is 34.6. The number of ether oxygens (including phenoxy) is 1. The first-order valence-electron chi connectivity index (χ1n) is 4.11. The molecule has 15 heavy (non-hydrogen) atoms. The Labute approximate surface area is 88.2 Å². The van der Waals surface area contributed by atoms with Crippen LogP contribution in [0, 0.1) is 0 Å². The fraction of sp³-hybridized carbons (Fsp3) is 0.429. The molecule has 0 aliphatic carbocycles. The van der Waals surface area contributed by atoms with E-state index in [1.165, 1.54) is 0 Å². The number of esters is 1. The van der Waals surface area contributed by atoms with Gasteiger partial charge in [0.25, 0.3) is 5.56 Å². The summed E-state index contributed by atoms with van der Waals surface area (Å²) in [5, 5.41) is 5.58. The number of hydrogen-bond acceptors (Lipinski definition) is 6. The lowest BCUT2D eigenvalue weighted by atomic mass is 10.8. The van der Waals surface area contributed by atoms with Crippen LogP contribution in [0.15, 0.2) is 14.6 Å².